The highest BCUT2D eigenvalue weighted by Crippen LogP contribution is 2.37. The van der Waals surface area contributed by atoms with E-state index in [-0.39, 0.29) is 0 Å². The minimum Gasteiger partial charge on any atom is -0.370 e. The molecule has 0 atom stereocenters. The first kappa shape index (κ1) is 14.9. The van der Waals surface area contributed by atoms with E-state index in [0.717, 1.165) is 18.2 Å². The van der Waals surface area contributed by atoms with Gasteiger partial charge in [-0.25, -0.2) is 0 Å². The van der Waals surface area contributed by atoms with Crippen molar-refractivity contribution in [1.29, 1.82) is 0 Å². The van der Waals surface area contributed by atoms with Crippen LogP contribution in [-0.4, -0.2) is 29.6 Å². The molecular formula is C15H27N5. The predicted octanol–water partition coefficient (Wildman–Crippen LogP) is 2.90. The number of aromatic nitrogens is 2. The Kier molecular flexibility index (Phi) is 4.35. The van der Waals surface area contributed by atoms with Gasteiger partial charge in [0, 0.05) is 25.7 Å². The van der Waals surface area contributed by atoms with E-state index in [1.54, 1.807) is 0 Å². The van der Waals surface area contributed by atoms with E-state index in [2.05, 4.69) is 41.1 Å². The van der Waals surface area contributed by atoms with Gasteiger partial charge in [-0.3, -0.25) is 0 Å². The van der Waals surface area contributed by atoms with Crippen molar-refractivity contribution in [3.05, 3.63) is 6.07 Å². The normalized spacial score (nSPS) is 18.8. The van der Waals surface area contributed by atoms with Gasteiger partial charge in [0.2, 0.25) is 5.95 Å². The van der Waals surface area contributed by atoms with Gasteiger partial charge in [0.05, 0.1) is 0 Å². The fraction of sp³-hybridized carbons (Fsp3) is 0.733. The summed E-state index contributed by atoms with van der Waals surface area (Å²) in [5, 5.41) is 3.20. The molecule has 1 fully saturated rings. The minimum atomic E-state index is 0.335. The molecule has 0 aromatic carbocycles. The Morgan fingerprint density at radius 1 is 1.35 bits per heavy atom. The van der Waals surface area contributed by atoms with Crippen LogP contribution in [-0.2, 0) is 0 Å². The molecule has 1 aromatic heterocycles. The van der Waals surface area contributed by atoms with Gasteiger partial charge < -0.3 is 16.0 Å². The van der Waals surface area contributed by atoms with Gasteiger partial charge >= 0.3 is 0 Å². The van der Waals surface area contributed by atoms with Crippen LogP contribution < -0.4 is 16.0 Å². The Morgan fingerprint density at radius 2 is 2.00 bits per heavy atom. The van der Waals surface area contributed by atoms with Crippen LogP contribution in [0.1, 0.15) is 46.5 Å². The second-order valence-corrected chi connectivity index (χ2v) is 6.51. The Balaban J connectivity index is 2.11. The fourth-order valence-corrected chi connectivity index (χ4v) is 2.86. The van der Waals surface area contributed by atoms with Gasteiger partial charge in [-0.15, -0.1) is 0 Å². The van der Waals surface area contributed by atoms with Gasteiger partial charge in [-0.05, 0) is 38.0 Å². The monoisotopic (exact) mass is 277 g/mol. The van der Waals surface area contributed by atoms with Crippen molar-refractivity contribution >= 4 is 17.6 Å². The summed E-state index contributed by atoms with van der Waals surface area (Å²) in [6.45, 7) is 7.59. The summed E-state index contributed by atoms with van der Waals surface area (Å²) in [6, 6.07) is 2.53. The lowest BCUT2D eigenvalue weighted by Gasteiger charge is -2.39. The van der Waals surface area contributed by atoms with Gasteiger partial charge in [-0.2, -0.15) is 9.97 Å². The molecular weight excluding hydrogens is 250 g/mol. The molecule has 5 nitrogen and oxygen atoms in total. The number of nitrogens with one attached hydrogen (secondary N) is 1. The third-order valence-electron chi connectivity index (χ3n) is 4.31. The first-order chi connectivity index (χ1) is 9.41. The van der Waals surface area contributed by atoms with Crippen molar-refractivity contribution in [2.24, 2.45) is 5.41 Å². The predicted molar refractivity (Wildman–Crippen MR) is 85.0 cm³/mol. The van der Waals surface area contributed by atoms with Gasteiger partial charge in [0.1, 0.15) is 11.6 Å². The van der Waals surface area contributed by atoms with Crippen molar-refractivity contribution < 1.29 is 0 Å². The molecule has 1 aliphatic rings. The first-order valence-corrected chi connectivity index (χ1v) is 7.52. The summed E-state index contributed by atoms with van der Waals surface area (Å²) >= 11 is 0. The molecule has 1 heterocycles. The van der Waals surface area contributed by atoms with Crippen LogP contribution in [0.3, 0.4) is 0 Å². The van der Waals surface area contributed by atoms with E-state index < -0.39 is 0 Å². The average molecular weight is 277 g/mol. The number of hydrogen-bond acceptors (Lipinski definition) is 5. The minimum absolute atomic E-state index is 0.335. The molecule has 0 unspecified atom stereocenters. The maximum atomic E-state index is 5.81. The van der Waals surface area contributed by atoms with Crippen molar-refractivity contribution in [2.45, 2.75) is 52.5 Å². The maximum Gasteiger partial charge on any atom is 0.223 e. The number of rotatable bonds is 4. The molecule has 0 bridgehead atoms. The molecule has 0 spiro atoms. The zero-order chi connectivity index (χ0) is 14.8. The van der Waals surface area contributed by atoms with E-state index in [1.165, 1.54) is 25.7 Å². The topological polar surface area (TPSA) is 67.1 Å². The van der Waals surface area contributed by atoms with Gasteiger partial charge in [0.25, 0.3) is 0 Å². The average Bonchev–Trinajstić information content (AvgIpc) is 2.37. The highest BCUT2D eigenvalue weighted by molar-refractivity contribution is 5.52. The zero-order valence-corrected chi connectivity index (χ0v) is 13.1. The van der Waals surface area contributed by atoms with Crippen LogP contribution in [0.15, 0.2) is 6.07 Å². The summed E-state index contributed by atoms with van der Waals surface area (Å²) in [6.07, 6.45) is 4.96. The standard InChI is InChI=1S/C15H27N5/c1-5-17-12-10-13(19-14(16)18-12)20(4)11-6-8-15(2,3)9-7-11/h10-11H,5-9H2,1-4H3,(H3,16,17,18,19). The molecule has 1 aliphatic carbocycles. The molecule has 1 aromatic rings. The third-order valence-corrected chi connectivity index (χ3v) is 4.31. The van der Waals surface area contributed by atoms with Crippen molar-refractivity contribution in [2.75, 3.05) is 29.5 Å². The fourth-order valence-electron chi connectivity index (χ4n) is 2.86. The number of nitrogen functional groups attached to an aromatic ring is 1. The third kappa shape index (κ3) is 3.52. The second kappa shape index (κ2) is 5.85. The van der Waals surface area contributed by atoms with Crippen LogP contribution in [0.25, 0.3) is 0 Å². The van der Waals surface area contributed by atoms with Crippen LogP contribution in [0.4, 0.5) is 17.6 Å². The lowest BCUT2D eigenvalue weighted by molar-refractivity contribution is 0.222. The first-order valence-electron chi connectivity index (χ1n) is 7.52. The van der Waals surface area contributed by atoms with Gasteiger partial charge in [-0.1, -0.05) is 13.8 Å². The summed E-state index contributed by atoms with van der Waals surface area (Å²) in [7, 11) is 2.11. The summed E-state index contributed by atoms with van der Waals surface area (Å²) in [5.74, 6) is 2.05. The molecule has 0 radical (unpaired) electrons. The smallest absolute Gasteiger partial charge is 0.223 e. The van der Waals surface area contributed by atoms with E-state index >= 15 is 0 Å². The summed E-state index contributed by atoms with van der Waals surface area (Å²) in [4.78, 5) is 10.8. The molecule has 20 heavy (non-hydrogen) atoms. The highest BCUT2D eigenvalue weighted by Gasteiger charge is 2.29. The van der Waals surface area contributed by atoms with Crippen molar-refractivity contribution in [3.8, 4) is 0 Å². The van der Waals surface area contributed by atoms with Crippen LogP contribution in [0.2, 0.25) is 0 Å². The van der Waals surface area contributed by atoms with Crippen LogP contribution >= 0.6 is 0 Å². The number of anilines is 3. The maximum absolute atomic E-state index is 5.81. The number of nitrogens with two attached hydrogens (primary N) is 1. The Labute approximate surface area is 122 Å². The Hall–Kier alpha value is -1.52. The second-order valence-electron chi connectivity index (χ2n) is 6.51. The molecule has 1 saturated carbocycles. The Morgan fingerprint density at radius 3 is 2.60 bits per heavy atom. The highest BCUT2D eigenvalue weighted by atomic mass is 15.2. The van der Waals surface area contributed by atoms with Crippen molar-refractivity contribution in [1.82, 2.24) is 9.97 Å². The lowest BCUT2D eigenvalue weighted by atomic mass is 9.75. The van der Waals surface area contributed by atoms with Crippen LogP contribution in [0.5, 0.6) is 0 Å². The van der Waals surface area contributed by atoms with E-state index in [1.807, 2.05) is 13.0 Å². The SMILES string of the molecule is CCNc1cc(N(C)C2CCC(C)(C)CC2)nc(N)n1. The molecule has 2 rings (SSSR count). The zero-order valence-electron chi connectivity index (χ0n) is 13.1. The Bertz CT molecular complexity index is 448. The molecule has 5 heteroatoms. The quantitative estimate of drug-likeness (QED) is 0.885. The number of nitrogens with zero attached hydrogens (tertiary/aromatic N) is 3. The van der Waals surface area contributed by atoms with Crippen LogP contribution in [0, 0.1) is 5.41 Å². The van der Waals surface area contributed by atoms with Gasteiger partial charge in [0.15, 0.2) is 0 Å². The molecule has 112 valence electrons. The van der Waals surface area contributed by atoms with E-state index in [9.17, 15) is 0 Å². The summed E-state index contributed by atoms with van der Waals surface area (Å²) < 4.78 is 0. The molecule has 0 aliphatic heterocycles. The molecule has 3 N–H and O–H groups in total. The number of hydrogen-bond donors (Lipinski definition) is 2. The van der Waals surface area contributed by atoms with Crippen molar-refractivity contribution in [3.63, 3.8) is 0 Å². The van der Waals surface area contributed by atoms with E-state index in [0.29, 0.717) is 17.4 Å². The van der Waals surface area contributed by atoms with E-state index in [4.69, 9.17) is 5.73 Å². The largest absolute Gasteiger partial charge is 0.370 e. The molecule has 0 amide bonds. The summed E-state index contributed by atoms with van der Waals surface area (Å²) in [5.41, 5.74) is 6.29. The molecule has 0 saturated heterocycles. The lowest BCUT2D eigenvalue weighted by Crippen LogP contribution is -2.37.